The highest BCUT2D eigenvalue weighted by atomic mass is 16.5. The van der Waals surface area contributed by atoms with Crippen LogP contribution in [0, 0.1) is 0 Å². The predicted octanol–water partition coefficient (Wildman–Crippen LogP) is 2.71. The molecule has 0 aliphatic carbocycles. The van der Waals surface area contributed by atoms with Crippen LogP contribution in [-0.2, 0) is 4.74 Å². The Morgan fingerprint density at radius 3 is 2.67 bits per heavy atom. The van der Waals surface area contributed by atoms with Gasteiger partial charge < -0.3 is 14.3 Å². The topological polar surface area (TPSA) is 55.5 Å². The fourth-order valence-electron chi connectivity index (χ4n) is 1.64. The molecule has 0 amide bonds. The quantitative estimate of drug-likeness (QED) is 0.841. The zero-order valence-electron chi connectivity index (χ0n) is 10.4. The van der Waals surface area contributed by atoms with Gasteiger partial charge in [-0.1, -0.05) is 18.2 Å². The number of methoxy groups -OCH3 is 1. The first-order valence-electron chi connectivity index (χ1n) is 5.62. The van der Waals surface area contributed by atoms with Crippen LogP contribution in [0.3, 0.4) is 0 Å². The third-order valence-corrected chi connectivity index (χ3v) is 2.70. The van der Waals surface area contributed by atoms with Crippen molar-refractivity contribution >= 4 is 5.57 Å². The molecule has 2 aromatic rings. The van der Waals surface area contributed by atoms with E-state index in [0.29, 0.717) is 17.4 Å². The molecular formula is C14H15NO3. The molecule has 1 N–H and O–H groups in total. The van der Waals surface area contributed by atoms with Crippen molar-refractivity contribution in [3.05, 3.63) is 48.0 Å². The van der Waals surface area contributed by atoms with E-state index in [2.05, 4.69) is 4.98 Å². The van der Waals surface area contributed by atoms with E-state index < -0.39 is 0 Å². The summed E-state index contributed by atoms with van der Waals surface area (Å²) in [4.78, 5) is 4.22. The lowest BCUT2D eigenvalue weighted by Gasteiger charge is -2.05. The number of aliphatic hydroxyl groups excluding tert-OH is 1. The molecule has 0 atom stereocenters. The molecule has 4 nitrogen and oxygen atoms in total. The molecule has 0 fully saturated rings. The lowest BCUT2D eigenvalue weighted by Crippen LogP contribution is -1.96. The van der Waals surface area contributed by atoms with Crippen molar-refractivity contribution in [3.63, 3.8) is 0 Å². The van der Waals surface area contributed by atoms with E-state index in [0.717, 1.165) is 11.1 Å². The van der Waals surface area contributed by atoms with Gasteiger partial charge in [0.1, 0.15) is 12.4 Å². The molecule has 1 aromatic carbocycles. The Bertz CT molecular complexity index is 537. The van der Waals surface area contributed by atoms with Gasteiger partial charge in [0, 0.05) is 11.1 Å². The molecule has 0 radical (unpaired) electrons. The van der Waals surface area contributed by atoms with E-state index in [1.807, 2.05) is 37.3 Å². The van der Waals surface area contributed by atoms with Gasteiger partial charge in [-0.2, -0.15) is 0 Å². The second kappa shape index (κ2) is 5.51. The summed E-state index contributed by atoms with van der Waals surface area (Å²) in [6, 6.07) is 9.65. The molecule has 4 heteroatoms. The maximum atomic E-state index is 9.14. The van der Waals surface area contributed by atoms with Crippen molar-refractivity contribution in [3.8, 4) is 11.5 Å². The van der Waals surface area contributed by atoms with E-state index >= 15 is 0 Å². The van der Waals surface area contributed by atoms with Crippen molar-refractivity contribution in [2.45, 2.75) is 6.92 Å². The molecule has 0 saturated carbocycles. The Kier molecular flexibility index (Phi) is 3.79. The summed E-state index contributed by atoms with van der Waals surface area (Å²) < 4.78 is 10.7. The predicted molar refractivity (Wildman–Crippen MR) is 68.6 cm³/mol. The second-order valence-corrected chi connectivity index (χ2v) is 3.81. The Morgan fingerprint density at radius 1 is 1.33 bits per heavy atom. The van der Waals surface area contributed by atoms with Gasteiger partial charge in [-0.3, -0.25) is 0 Å². The summed E-state index contributed by atoms with van der Waals surface area (Å²) >= 11 is 0. The van der Waals surface area contributed by atoms with Gasteiger partial charge in [0.2, 0.25) is 5.89 Å². The fraction of sp³-hybridized carbons (Fsp3) is 0.214. The highest BCUT2D eigenvalue weighted by Gasteiger charge is 2.11. The Balaban J connectivity index is 2.34. The van der Waals surface area contributed by atoms with Crippen molar-refractivity contribution in [2.24, 2.45) is 0 Å². The first kappa shape index (κ1) is 12.4. The third-order valence-electron chi connectivity index (χ3n) is 2.70. The van der Waals surface area contributed by atoms with Crippen LogP contribution in [0.25, 0.3) is 17.0 Å². The molecule has 0 unspecified atom stereocenters. The highest BCUT2D eigenvalue weighted by Crippen LogP contribution is 2.24. The zero-order valence-corrected chi connectivity index (χ0v) is 10.4. The number of allylic oxidation sites excluding steroid dienone is 1. The summed E-state index contributed by atoms with van der Waals surface area (Å²) in [6.45, 7) is 1.66. The van der Waals surface area contributed by atoms with Crippen molar-refractivity contribution in [2.75, 3.05) is 13.7 Å². The minimum atomic E-state index is -0.163. The largest absolute Gasteiger partial charge is 0.498 e. The van der Waals surface area contributed by atoms with Gasteiger partial charge in [-0.15, -0.1) is 0 Å². The number of benzene rings is 1. The molecule has 1 heterocycles. The molecule has 2 rings (SSSR count). The maximum Gasteiger partial charge on any atom is 0.226 e. The van der Waals surface area contributed by atoms with Crippen molar-refractivity contribution < 1.29 is 14.3 Å². The molecule has 1 aromatic heterocycles. The molecule has 0 bridgehead atoms. The smallest absolute Gasteiger partial charge is 0.226 e. The van der Waals surface area contributed by atoms with Gasteiger partial charge in [0.25, 0.3) is 0 Å². The molecule has 0 aliphatic rings. The SMILES string of the molecule is CO/C(CO)=C(\C)c1cnc(-c2ccccc2)o1. The monoisotopic (exact) mass is 245 g/mol. The number of nitrogens with zero attached hydrogens (tertiary/aromatic N) is 1. The maximum absolute atomic E-state index is 9.14. The van der Waals surface area contributed by atoms with Gasteiger partial charge in [0.05, 0.1) is 13.3 Å². The summed E-state index contributed by atoms with van der Waals surface area (Å²) in [5.74, 6) is 1.63. The molecular weight excluding hydrogens is 230 g/mol. The standard InChI is InChI=1S/C14H15NO3/c1-10(13(9-16)17-2)12-8-15-14(18-12)11-6-4-3-5-7-11/h3-8,16H,9H2,1-2H3/b13-10+. The molecule has 18 heavy (non-hydrogen) atoms. The van der Waals surface area contributed by atoms with Crippen LogP contribution in [0.1, 0.15) is 12.7 Å². The van der Waals surface area contributed by atoms with Crippen LogP contribution >= 0.6 is 0 Å². The van der Waals surface area contributed by atoms with E-state index in [-0.39, 0.29) is 6.61 Å². The summed E-state index contributed by atoms with van der Waals surface area (Å²) in [5, 5.41) is 9.14. The minimum Gasteiger partial charge on any atom is -0.498 e. The highest BCUT2D eigenvalue weighted by molar-refractivity contribution is 5.63. The first-order valence-corrected chi connectivity index (χ1v) is 5.62. The number of aromatic nitrogens is 1. The van der Waals surface area contributed by atoms with Gasteiger partial charge >= 0.3 is 0 Å². The van der Waals surface area contributed by atoms with Crippen molar-refractivity contribution in [1.82, 2.24) is 4.98 Å². The third kappa shape index (κ3) is 2.43. The number of aliphatic hydroxyl groups is 1. The Labute approximate surface area is 106 Å². The average Bonchev–Trinajstić information content (AvgIpc) is 2.90. The van der Waals surface area contributed by atoms with E-state index in [4.69, 9.17) is 14.3 Å². The van der Waals surface area contributed by atoms with Gasteiger partial charge in [-0.25, -0.2) is 4.98 Å². The molecule has 0 saturated heterocycles. The van der Waals surface area contributed by atoms with Gasteiger partial charge in [-0.05, 0) is 19.1 Å². The number of ether oxygens (including phenoxy) is 1. The Hall–Kier alpha value is -2.07. The molecule has 0 aliphatic heterocycles. The molecule has 94 valence electrons. The second-order valence-electron chi connectivity index (χ2n) is 3.81. The van der Waals surface area contributed by atoms with Crippen LogP contribution in [-0.4, -0.2) is 23.8 Å². The van der Waals surface area contributed by atoms with Crippen LogP contribution in [0.2, 0.25) is 0 Å². The lowest BCUT2D eigenvalue weighted by molar-refractivity contribution is 0.208. The van der Waals surface area contributed by atoms with Crippen molar-refractivity contribution in [1.29, 1.82) is 0 Å². The van der Waals surface area contributed by atoms with E-state index in [1.54, 1.807) is 6.20 Å². The fourth-order valence-corrected chi connectivity index (χ4v) is 1.64. The summed E-state index contributed by atoms with van der Waals surface area (Å²) in [5.41, 5.74) is 1.66. The number of hydrogen-bond donors (Lipinski definition) is 1. The Morgan fingerprint density at radius 2 is 2.06 bits per heavy atom. The van der Waals surface area contributed by atoms with Crippen LogP contribution in [0.4, 0.5) is 0 Å². The summed E-state index contributed by atoms with van der Waals surface area (Å²) in [6.07, 6.45) is 1.63. The number of rotatable bonds is 4. The van der Waals surface area contributed by atoms with E-state index in [9.17, 15) is 0 Å². The van der Waals surface area contributed by atoms with Gasteiger partial charge in [0.15, 0.2) is 5.76 Å². The zero-order chi connectivity index (χ0) is 13.0. The number of hydrogen-bond acceptors (Lipinski definition) is 4. The normalized spacial score (nSPS) is 12.2. The minimum absolute atomic E-state index is 0.163. The molecule has 0 spiro atoms. The number of oxazole rings is 1. The van der Waals surface area contributed by atoms with Crippen LogP contribution in [0.15, 0.2) is 46.7 Å². The van der Waals surface area contributed by atoms with Crippen LogP contribution < -0.4 is 0 Å². The summed E-state index contributed by atoms with van der Waals surface area (Å²) in [7, 11) is 1.52. The van der Waals surface area contributed by atoms with E-state index in [1.165, 1.54) is 7.11 Å². The van der Waals surface area contributed by atoms with Crippen LogP contribution in [0.5, 0.6) is 0 Å². The average molecular weight is 245 g/mol. The first-order chi connectivity index (χ1) is 8.76. The lowest BCUT2D eigenvalue weighted by atomic mass is 10.2.